The van der Waals surface area contributed by atoms with Crippen LogP contribution in [0.25, 0.3) is 0 Å². The second-order valence-corrected chi connectivity index (χ2v) is 7.60. The standard InChI is InChI=1S/C22H28N2O2/c1-22(23-21(25)26)14-12-20(13-15-22)24(16-18-8-4-2-5-9-18)17-19-10-6-3-7-11-19/h2-11,20,23H,12-17H2,1H3,(H,25,26). The van der Waals surface area contributed by atoms with E-state index in [1.54, 1.807) is 0 Å². The first-order valence-corrected chi connectivity index (χ1v) is 9.37. The first-order chi connectivity index (χ1) is 12.5. The third-order valence-electron chi connectivity index (χ3n) is 5.44. The zero-order valence-corrected chi connectivity index (χ0v) is 15.4. The molecule has 0 spiro atoms. The minimum Gasteiger partial charge on any atom is -0.465 e. The molecule has 1 fully saturated rings. The smallest absolute Gasteiger partial charge is 0.405 e. The number of rotatable bonds is 6. The Morgan fingerprint density at radius 1 is 1.00 bits per heavy atom. The summed E-state index contributed by atoms with van der Waals surface area (Å²) >= 11 is 0. The second kappa shape index (κ2) is 8.37. The molecule has 138 valence electrons. The van der Waals surface area contributed by atoms with E-state index < -0.39 is 6.09 Å². The Morgan fingerprint density at radius 3 is 1.88 bits per heavy atom. The first-order valence-electron chi connectivity index (χ1n) is 9.37. The van der Waals surface area contributed by atoms with Crippen LogP contribution in [0.3, 0.4) is 0 Å². The molecular formula is C22H28N2O2. The summed E-state index contributed by atoms with van der Waals surface area (Å²) in [5, 5.41) is 11.8. The molecule has 0 bridgehead atoms. The quantitative estimate of drug-likeness (QED) is 0.795. The van der Waals surface area contributed by atoms with Crippen LogP contribution in [0.1, 0.15) is 43.7 Å². The highest BCUT2D eigenvalue weighted by Crippen LogP contribution is 2.32. The molecule has 4 heteroatoms. The molecular weight excluding hydrogens is 324 g/mol. The van der Waals surface area contributed by atoms with Gasteiger partial charge in [0.05, 0.1) is 0 Å². The maximum absolute atomic E-state index is 11.0. The van der Waals surface area contributed by atoms with Crippen LogP contribution in [0.2, 0.25) is 0 Å². The van der Waals surface area contributed by atoms with Crippen LogP contribution >= 0.6 is 0 Å². The molecule has 4 nitrogen and oxygen atoms in total. The average Bonchev–Trinajstić information content (AvgIpc) is 2.63. The number of carboxylic acid groups (broad SMARTS) is 1. The van der Waals surface area contributed by atoms with E-state index in [-0.39, 0.29) is 5.54 Å². The van der Waals surface area contributed by atoms with Crippen molar-refractivity contribution in [3.8, 4) is 0 Å². The molecule has 1 aliphatic carbocycles. The van der Waals surface area contributed by atoms with E-state index in [1.807, 2.05) is 6.92 Å². The highest BCUT2D eigenvalue weighted by atomic mass is 16.4. The summed E-state index contributed by atoms with van der Waals surface area (Å²) < 4.78 is 0. The van der Waals surface area contributed by atoms with Crippen molar-refractivity contribution in [3.63, 3.8) is 0 Å². The van der Waals surface area contributed by atoms with Crippen molar-refractivity contribution < 1.29 is 9.90 Å². The molecule has 2 aromatic carbocycles. The summed E-state index contributed by atoms with van der Waals surface area (Å²) in [4.78, 5) is 13.6. The van der Waals surface area contributed by atoms with Gasteiger partial charge in [-0.3, -0.25) is 4.90 Å². The van der Waals surface area contributed by atoms with E-state index in [2.05, 4.69) is 70.9 Å². The maximum Gasteiger partial charge on any atom is 0.405 e. The van der Waals surface area contributed by atoms with Crippen molar-refractivity contribution in [1.29, 1.82) is 0 Å². The largest absolute Gasteiger partial charge is 0.465 e. The molecule has 2 N–H and O–H groups in total. The Kier molecular flexibility index (Phi) is 5.94. The molecule has 26 heavy (non-hydrogen) atoms. The molecule has 0 radical (unpaired) electrons. The molecule has 0 aliphatic heterocycles. The van der Waals surface area contributed by atoms with Crippen molar-refractivity contribution in [2.45, 2.75) is 57.3 Å². The van der Waals surface area contributed by atoms with Gasteiger partial charge in [-0.25, -0.2) is 4.79 Å². The van der Waals surface area contributed by atoms with Crippen molar-refractivity contribution in [2.75, 3.05) is 0 Å². The van der Waals surface area contributed by atoms with Crippen LogP contribution < -0.4 is 5.32 Å². The summed E-state index contributed by atoms with van der Waals surface area (Å²) in [6.07, 6.45) is 2.86. The van der Waals surface area contributed by atoms with Gasteiger partial charge in [-0.1, -0.05) is 60.7 Å². The van der Waals surface area contributed by atoms with E-state index in [4.69, 9.17) is 5.11 Å². The van der Waals surface area contributed by atoms with Crippen LogP contribution in [-0.4, -0.2) is 27.7 Å². The molecule has 2 aromatic rings. The Hall–Kier alpha value is -2.33. The van der Waals surface area contributed by atoms with Gasteiger partial charge in [0, 0.05) is 24.7 Å². The predicted molar refractivity (Wildman–Crippen MR) is 104 cm³/mol. The van der Waals surface area contributed by atoms with Crippen LogP contribution in [-0.2, 0) is 13.1 Å². The Morgan fingerprint density at radius 2 is 1.46 bits per heavy atom. The summed E-state index contributed by atoms with van der Waals surface area (Å²) in [6.45, 7) is 3.86. The van der Waals surface area contributed by atoms with E-state index >= 15 is 0 Å². The van der Waals surface area contributed by atoms with Gasteiger partial charge in [0.1, 0.15) is 0 Å². The molecule has 0 unspecified atom stereocenters. The average molecular weight is 352 g/mol. The molecule has 1 saturated carbocycles. The fraction of sp³-hybridized carbons (Fsp3) is 0.409. The van der Waals surface area contributed by atoms with E-state index in [0.717, 1.165) is 38.8 Å². The molecule has 0 aromatic heterocycles. The zero-order valence-electron chi connectivity index (χ0n) is 15.4. The molecule has 1 amide bonds. The lowest BCUT2D eigenvalue weighted by molar-refractivity contribution is 0.101. The summed E-state index contributed by atoms with van der Waals surface area (Å²) in [6, 6.07) is 21.6. The monoisotopic (exact) mass is 352 g/mol. The number of nitrogens with zero attached hydrogens (tertiary/aromatic N) is 1. The minimum atomic E-state index is -0.920. The van der Waals surface area contributed by atoms with Crippen molar-refractivity contribution in [1.82, 2.24) is 10.2 Å². The number of hydrogen-bond donors (Lipinski definition) is 2. The summed E-state index contributed by atoms with van der Waals surface area (Å²) in [5.74, 6) is 0. The fourth-order valence-corrected chi connectivity index (χ4v) is 3.94. The van der Waals surface area contributed by atoms with Gasteiger partial charge < -0.3 is 10.4 Å². The summed E-state index contributed by atoms with van der Waals surface area (Å²) in [7, 11) is 0. The van der Waals surface area contributed by atoms with E-state index in [1.165, 1.54) is 11.1 Å². The van der Waals surface area contributed by atoms with Gasteiger partial charge in [-0.2, -0.15) is 0 Å². The van der Waals surface area contributed by atoms with Gasteiger partial charge in [-0.05, 0) is 43.7 Å². The van der Waals surface area contributed by atoms with Gasteiger partial charge in [-0.15, -0.1) is 0 Å². The lowest BCUT2D eigenvalue weighted by atomic mass is 9.80. The highest BCUT2D eigenvalue weighted by molar-refractivity contribution is 5.65. The van der Waals surface area contributed by atoms with Gasteiger partial charge in [0.25, 0.3) is 0 Å². The van der Waals surface area contributed by atoms with Crippen molar-refractivity contribution in [2.24, 2.45) is 0 Å². The third kappa shape index (κ3) is 5.09. The Bertz CT molecular complexity index is 653. The van der Waals surface area contributed by atoms with Crippen LogP contribution in [0.15, 0.2) is 60.7 Å². The molecule has 0 atom stereocenters. The fourth-order valence-electron chi connectivity index (χ4n) is 3.94. The molecule has 3 rings (SSSR count). The van der Waals surface area contributed by atoms with E-state index in [9.17, 15) is 4.79 Å². The minimum absolute atomic E-state index is 0.298. The van der Waals surface area contributed by atoms with E-state index in [0.29, 0.717) is 6.04 Å². The zero-order chi connectivity index (χ0) is 18.4. The molecule has 0 saturated heterocycles. The number of hydrogen-bond acceptors (Lipinski definition) is 2. The Labute approximate surface area is 155 Å². The SMILES string of the molecule is CC1(NC(=O)O)CCC(N(Cc2ccccc2)Cc2ccccc2)CC1. The number of amides is 1. The van der Waals surface area contributed by atoms with Gasteiger partial charge >= 0.3 is 6.09 Å². The lowest BCUT2D eigenvalue weighted by Gasteiger charge is -2.42. The number of nitrogens with one attached hydrogen (secondary N) is 1. The summed E-state index contributed by atoms with van der Waals surface area (Å²) in [5.41, 5.74) is 2.34. The second-order valence-electron chi connectivity index (χ2n) is 7.60. The number of benzene rings is 2. The first kappa shape index (κ1) is 18.5. The number of carbonyl (C=O) groups is 1. The third-order valence-corrected chi connectivity index (χ3v) is 5.44. The highest BCUT2D eigenvalue weighted by Gasteiger charge is 2.34. The van der Waals surface area contributed by atoms with Gasteiger partial charge in [0.2, 0.25) is 0 Å². The Balaban J connectivity index is 1.70. The van der Waals surface area contributed by atoms with Crippen LogP contribution in [0.4, 0.5) is 4.79 Å². The van der Waals surface area contributed by atoms with Crippen molar-refractivity contribution >= 4 is 6.09 Å². The maximum atomic E-state index is 11.0. The van der Waals surface area contributed by atoms with Crippen LogP contribution in [0, 0.1) is 0 Å². The predicted octanol–water partition coefficient (Wildman–Crippen LogP) is 4.66. The van der Waals surface area contributed by atoms with Crippen molar-refractivity contribution in [3.05, 3.63) is 71.8 Å². The normalized spacial score (nSPS) is 22.9. The molecule has 1 aliphatic rings. The topological polar surface area (TPSA) is 52.6 Å². The molecule has 0 heterocycles. The van der Waals surface area contributed by atoms with Gasteiger partial charge in [0.15, 0.2) is 0 Å². The lowest BCUT2D eigenvalue weighted by Crippen LogP contribution is -2.50. The van der Waals surface area contributed by atoms with Crippen LogP contribution in [0.5, 0.6) is 0 Å².